The number of aromatic hydroxyl groups is 4. The van der Waals surface area contributed by atoms with E-state index in [0.29, 0.717) is 22.3 Å². The van der Waals surface area contributed by atoms with Crippen LogP contribution in [0.3, 0.4) is 0 Å². The van der Waals surface area contributed by atoms with Crippen LogP contribution in [0.5, 0.6) is 28.7 Å². The molecule has 0 aromatic heterocycles. The normalized spacial score (nSPS) is 11.3. The van der Waals surface area contributed by atoms with Gasteiger partial charge in [0.2, 0.25) is 0 Å². The third kappa shape index (κ3) is 11.7. The largest absolute Gasteiger partial charge is 0.872 e. The zero-order valence-corrected chi connectivity index (χ0v) is 27.2. The van der Waals surface area contributed by atoms with E-state index in [4.69, 9.17) is 0 Å². The summed E-state index contributed by atoms with van der Waals surface area (Å²) in [5.74, 6) is -0.370. The molecule has 0 spiro atoms. The van der Waals surface area contributed by atoms with E-state index >= 15 is 0 Å². The maximum atomic E-state index is 12.8. The molecule has 0 unspecified atom stereocenters. The number of hydrogen-bond donors (Lipinski definition) is 4. The van der Waals surface area contributed by atoms with Crippen LogP contribution in [0, 0.1) is 6.92 Å². The standard InChI is InChI=1S/C21H20O5.C16H36N/c1-12-6-15(8-13-2-4-17(22)10-19(13)24)21(26)16(7-12)9-14-3-5-18(23)11-20(14)25;1-5-9-13-17(14-10-6-2,15-11-7-3)16-12-8-4/h2-7,10-11,22-26H,8-9H2,1H3;5-16H2,1-4H3/q;+1/p-1. The summed E-state index contributed by atoms with van der Waals surface area (Å²) in [6, 6.07) is 12.1. The molecule has 0 amide bonds. The molecule has 0 saturated carbocycles. The van der Waals surface area contributed by atoms with E-state index in [2.05, 4.69) is 27.7 Å². The van der Waals surface area contributed by atoms with Gasteiger partial charge in [0.05, 0.1) is 26.2 Å². The van der Waals surface area contributed by atoms with Gasteiger partial charge in [-0.25, -0.2) is 0 Å². The summed E-state index contributed by atoms with van der Waals surface area (Å²) in [5.41, 5.74) is 3.04. The molecule has 3 rings (SSSR count). The molecule has 6 heteroatoms. The van der Waals surface area contributed by atoms with Crippen molar-refractivity contribution in [2.24, 2.45) is 0 Å². The summed E-state index contributed by atoms with van der Waals surface area (Å²) in [6.07, 6.45) is 11.5. The van der Waals surface area contributed by atoms with Crippen LogP contribution in [0.15, 0.2) is 48.5 Å². The fourth-order valence-corrected chi connectivity index (χ4v) is 5.65. The van der Waals surface area contributed by atoms with E-state index in [1.807, 2.05) is 6.92 Å². The highest BCUT2D eigenvalue weighted by Crippen LogP contribution is 2.32. The molecule has 0 fully saturated rings. The number of aryl methyl sites for hydroxylation is 1. The zero-order chi connectivity index (χ0) is 31.8. The van der Waals surface area contributed by atoms with E-state index < -0.39 is 0 Å². The van der Waals surface area contributed by atoms with E-state index in [1.165, 1.54) is 106 Å². The molecule has 4 N–H and O–H groups in total. The Labute approximate surface area is 259 Å². The Morgan fingerprint density at radius 2 is 0.884 bits per heavy atom. The molecule has 43 heavy (non-hydrogen) atoms. The Morgan fingerprint density at radius 1 is 0.535 bits per heavy atom. The number of rotatable bonds is 16. The molecule has 0 saturated heterocycles. The zero-order valence-electron chi connectivity index (χ0n) is 27.2. The Kier molecular flexibility index (Phi) is 15.3. The smallest absolute Gasteiger partial charge is 0.122 e. The predicted molar refractivity (Wildman–Crippen MR) is 175 cm³/mol. The summed E-state index contributed by atoms with van der Waals surface area (Å²) in [6.45, 7) is 16.9. The van der Waals surface area contributed by atoms with Gasteiger partial charge in [0.1, 0.15) is 23.0 Å². The summed E-state index contributed by atoms with van der Waals surface area (Å²) >= 11 is 0. The molecule has 0 bridgehead atoms. The molecule has 0 heterocycles. The third-order valence-electron chi connectivity index (χ3n) is 8.23. The topological polar surface area (TPSA) is 104 Å². The fraction of sp³-hybridized carbons (Fsp3) is 0.514. The van der Waals surface area contributed by atoms with Crippen molar-refractivity contribution >= 4 is 0 Å². The second-order valence-corrected chi connectivity index (χ2v) is 12.0. The molecule has 3 aromatic rings. The number of phenols is 4. The molecule has 0 atom stereocenters. The first-order valence-corrected chi connectivity index (χ1v) is 16.2. The first kappa shape index (κ1) is 35.8. The van der Waals surface area contributed by atoms with Crippen molar-refractivity contribution in [1.82, 2.24) is 0 Å². The molecule has 0 aliphatic rings. The average molecular weight is 594 g/mol. The van der Waals surface area contributed by atoms with E-state index in [1.54, 1.807) is 24.3 Å². The lowest BCUT2D eigenvalue weighted by atomic mass is 9.95. The van der Waals surface area contributed by atoms with Gasteiger partial charge in [-0.2, -0.15) is 0 Å². The Bertz CT molecular complexity index is 1140. The van der Waals surface area contributed by atoms with Gasteiger partial charge in [-0.15, -0.1) is 5.75 Å². The molecule has 0 aliphatic heterocycles. The lowest BCUT2D eigenvalue weighted by Crippen LogP contribution is -2.50. The van der Waals surface area contributed by atoms with Crippen molar-refractivity contribution in [3.63, 3.8) is 0 Å². The van der Waals surface area contributed by atoms with Crippen LogP contribution in [-0.2, 0) is 12.8 Å². The fourth-order valence-electron chi connectivity index (χ4n) is 5.65. The van der Waals surface area contributed by atoms with Crippen LogP contribution >= 0.6 is 0 Å². The lowest BCUT2D eigenvalue weighted by Gasteiger charge is -2.39. The van der Waals surface area contributed by atoms with Gasteiger partial charge in [0.15, 0.2) is 0 Å². The van der Waals surface area contributed by atoms with Gasteiger partial charge in [-0.05, 0) is 55.9 Å². The van der Waals surface area contributed by atoms with Crippen molar-refractivity contribution in [1.29, 1.82) is 0 Å². The maximum Gasteiger partial charge on any atom is 0.122 e. The second-order valence-electron chi connectivity index (χ2n) is 12.0. The molecule has 6 nitrogen and oxygen atoms in total. The van der Waals surface area contributed by atoms with Crippen molar-refractivity contribution in [2.45, 2.75) is 98.8 Å². The van der Waals surface area contributed by atoms with E-state index in [0.717, 1.165) is 5.56 Å². The Balaban J connectivity index is 0.000000332. The minimum atomic E-state index is -0.157. The highest BCUT2D eigenvalue weighted by molar-refractivity contribution is 5.51. The monoisotopic (exact) mass is 593 g/mol. The second kappa shape index (κ2) is 18.3. The minimum absolute atomic E-state index is 0.0404. The van der Waals surface area contributed by atoms with Gasteiger partial charge in [-0.3, -0.25) is 0 Å². The van der Waals surface area contributed by atoms with Crippen LogP contribution in [0.4, 0.5) is 0 Å². The summed E-state index contributed by atoms with van der Waals surface area (Å²) in [7, 11) is 0. The van der Waals surface area contributed by atoms with Crippen molar-refractivity contribution in [3.05, 3.63) is 76.3 Å². The molecular weight excluding hydrogens is 538 g/mol. The highest BCUT2D eigenvalue weighted by Gasteiger charge is 2.24. The average Bonchev–Trinajstić information content (AvgIpc) is 2.97. The van der Waals surface area contributed by atoms with Crippen LogP contribution in [0.1, 0.15) is 107 Å². The minimum Gasteiger partial charge on any atom is -0.872 e. The molecular formula is C37H55NO5. The number of benzene rings is 3. The van der Waals surface area contributed by atoms with Gasteiger partial charge >= 0.3 is 0 Å². The van der Waals surface area contributed by atoms with Gasteiger partial charge in [0, 0.05) is 25.0 Å². The predicted octanol–water partition coefficient (Wildman–Crippen LogP) is 8.08. The first-order chi connectivity index (χ1) is 20.6. The molecule has 0 aliphatic carbocycles. The number of quaternary nitrogens is 1. The van der Waals surface area contributed by atoms with Gasteiger partial charge in [-0.1, -0.05) is 94.3 Å². The quantitative estimate of drug-likeness (QED) is 0.126. The lowest BCUT2D eigenvalue weighted by molar-refractivity contribution is -0.929. The Morgan fingerprint density at radius 3 is 1.19 bits per heavy atom. The van der Waals surface area contributed by atoms with Crippen molar-refractivity contribution in [2.75, 3.05) is 26.2 Å². The van der Waals surface area contributed by atoms with Crippen LogP contribution < -0.4 is 5.11 Å². The van der Waals surface area contributed by atoms with Crippen LogP contribution in [-0.4, -0.2) is 51.1 Å². The summed E-state index contributed by atoms with van der Waals surface area (Å²) in [5, 5.41) is 51.5. The SMILES string of the molecule is CCCC[N+](CCCC)(CCCC)CCCC.Cc1cc(Cc2ccc(O)cc2O)c([O-])c(Cc2ccc(O)cc2O)c1. The van der Waals surface area contributed by atoms with Crippen LogP contribution in [0.25, 0.3) is 0 Å². The number of nitrogens with zero attached hydrogens (tertiary/aromatic N) is 1. The third-order valence-corrected chi connectivity index (χ3v) is 8.23. The van der Waals surface area contributed by atoms with Gasteiger partial charge < -0.3 is 30.0 Å². The molecule has 3 aromatic carbocycles. The summed E-state index contributed by atoms with van der Waals surface area (Å²) < 4.78 is 1.42. The summed E-state index contributed by atoms with van der Waals surface area (Å²) in [4.78, 5) is 0. The number of phenolic OH excluding ortho intramolecular Hbond substituents is 4. The van der Waals surface area contributed by atoms with Crippen LogP contribution in [0.2, 0.25) is 0 Å². The maximum absolute atomic E-state index is 12.8. The number of hydrogen-bond acceptors (Lipinski definition) is 5. The van der Waals surface area contributed by atoms with Gasteiger partial charge in [0.25, 0.3) is 0 Å². The Hall–Kier alpha value is -3.38. The van der Waals surface area contributed by atoms with Crippen molar-refractivity contribution in [3.8, 4) is 28.7 Å². The van der Waals surface area contributed by atoms with Crippen molar-refractivity contribution < 1.29 is 30.0 Å². The molecule has 0 radical (unpaired) electrons. The highest BCUT2D eigenvalue weighted by atomic mass is 16.3. The number of unbranched alkanes of at least 4 members (excludes halogenated alkanes) is 4. The first-order valence-electron chi connectivity index (χ1n) is 16.2. The molecule has 238 valence electrons. The van der Waals surface area contributed by atoms with E-state index in [-0.39, 0.29) is 41.6 Å². The van der Waals surface area contributed by atoms with E-state index in [9.17, 15) is 25.5 Å².